The van der Waals surface area contributed by atoms with Crippen LogP contribution in [0.5, 0.6) is 11.5 Å². The number of carbonyl (C=O) groups is 1. The highest BCUT2D eigenvalue weighted by Gasteiger charge is 2.04. The number of aryl methyl sites for hydroxylation is 1. The average molecular weight is 445 g/mol. The number of hydrogen-bond acceptors (Lipinski definition) is 4. The molecular weight excluding hydrogens is 412 g/mol. The van der Waals surface area contributed by atoms with Crippen molar-refractivity contribution in [3.63, 3.8) is 0 Å². The Labute approximate surface area is 196 Å². The number of para-hydroxylation sites is 1. The van der Waals surface area contributed by atoms with E-state index >= 15 is 0 Å². The van der Waals surface area contributed by atoms with E-state index < -0.39 is 0 Å². The minimum absolute atomic E-state index is 0.259. The Bertz CT molecular complexity index is 1000. The number of rotatable bonds is 13. The molecule has 0 aliphatic carbocycles. The molecular formula is C28H32N2O3. The van der Waals surface area contributed by atoms with Gasteiger partial charge in [0.2, 0.25) is 0 Å². The lowest BCUT2D eigenvalue weighted by Gasteiger charge is -2.11. The predicted molar refractivity (Wildman–Crippen MR) is 133 cm³/mol. The van der Waals surface area contributed by atoms with E-state index in [4.69, 9.17) is 9.47 Å². The van der Waals surface area contributed by atoms with Gasteiger partial charge in [0.15, 0.2) is 0 Å². The molecule has 33 heavy (non-hydrogen) atoms. The monoisotopic (exact) mass is 444 g/mol. The lowest BCUT2D eigenvalue weighted by molar-refractivity contribution is 0.0955. The summed E-state index contributed by atoms with van der Waals surface area (Å²) in [5.41, 5.74) is 5.22. The molecule has 0 aliphatic rings. The second-order valence-electron chi connectivity index (χ2n) is 7.75. The van der Waals surface area contributed by atoms with Crippen molar-refractivity contribution in [1.29, 1.82) is 0 Å². The van der Waals surface area contributed by atoms with Crippen LogP contribution in [0.1, 0.15) is 54.1 Å². The second-order valence-corrected chi connectivity index (χ2v) is 7.75. The van der Waals surface area contributed by atoms with Crippen LogP contribution in [0.2, 0.25) is 0 Å². The molecule has 0 aliphatic heterocycles. The molecule has 5 nitrogen and oxygen atoms in total. The third kappa shape index (κ3) is 8.45. The largest absolute Gasteiger partial charge is 0.490 e. The highest BCUT2D eigenvalue weighted by molar-refractivity contribution is 5.95. The zero-order chi connectivity index (χ0) is 23.1. The summed E-state index contributed by atoms with van der Waals surface area (Å²) in [5, 5.41) is 4.06. The van der Waals surface area contributed by atoms with Gasteiger partial charge < -0.3 is 9.47 Å². The first kappa shape index (κ1) is 24.1. The number of benzene rings is 3. The summed E-state index contributed by atoms with van der Waals surface area (Å²) in [4.78, 5) is 12.1. The standard InChI is InChI=1S/C28H32N2O3/c1-2-3-4-6-11-23-16-18-26(19-17-23)32-20-21-33-27-15-10-9-14-25(27)22-29-30-28(31)24-12-7-5-8-13-24/h5,7-10,12-19,22H,2-4,6,11,20-21H2,1H3,(H,30,31)/b29-22+. The fourth-order valence-corrected chi connectivity index (χ4v) is 3.35. The van der Waals surface area contributed by atoms with Gasteiger partial charge in [0.25, 0.3) is 5.91 Å². The number of unbranched alkanes of at least 4 members (excludes halogenated alkanes) is 3. The van der Waals surface area contributed by atoms with E-state index in [0.29, 0.717) is 24.5 Å². The highest BCUT2D eigenvalue weighted by Crippen LogP contribution is 2.17. The second kappa shape index (κ2) is 13.7. The van der Waals surface area contributed by atoms with Crippen LogP contribution in [0.15, 0.2) is 84.0 Å². The van der Waals surface area contributed by atoms with Gasteiger partial charge in [-0.25, -0.2) is 5.43 Å². The summed E-state index contributed by atoms with van der Waals surface area (Å²) in [6.45, 7) is 3.07. The summed E-state index contributed by atoms with van der Waals surface area (Å²) in [5.74, 6) is 1.27. The number of nitrogens with one attached hydrogen (secondary N) is 1. The van der Waals surface area contributed by atoms with Gasteiger partial charge in [-0.2, -0.15) is 5.10 Å². The van der Waals surface area contributed by atoms with Crippen molar-refractivity contribution in [2.24, 2.45) is 5.10 Å². The van der Waals surface area contributed by atoms with Gasteiger partial charge in [-0.05, 0) is 54.8 Å². The smallest absolute Gasteiger partial charge is 0.271 e. The number of nitrogens with zero attached hydrogens (tertiary/aromatic N) is 1. The van der Waals surface area contributed by atoms with Gasteiger partial charge in [0.1, 0.15) is 24.7 Å². The molecule has 0 saturated carbocycles. The van der Waals surface area contributed by atoms with Crippen LogP contribution in [-0.2, 0) is 6.42 Å². The minimum atomic E-state index is -0.259. The first-order valence-corrected chi connectivity index (χ1v) is 11.6. The summed E-state index contributed by atoms with van der Waals surface area (Å²) in [6.07, 6.45) is 7.79. The van der Waals surface area contributed by atoms with E-state index in [1.807, 2.05) is 54.6 Å². The normalized spacial score (nSPS) is 10.8. The van der Waals surface area contributed by atoms with Crippen LogP contribution >= 0.6 is 0 Å². The molecule has 3 aromatic carbocycles. The molecule has 1 amide bonds. The van der Waals surface area contributed by atoms with Crippen molar-refractivity contribution in [3.8, 4) is 11.5 Å². The van der Waals surface area contributed by atoms with Gasteiger partial charge >= 0.3 is 0 Å². The Hall–Kier alpha value is -3.60. The zero-order valence-corrected chi connectivity index (χ0v) is 19.2. The first-order valence-electron chi connectivity index (χ1n) is 11.6. The molecule has 5 heteroatoms. The third-order valence-electron chi connectivity index (χ3n) is 5.18. The van der Waals surface area contributed by atoms with Crippen molar-refractivity contribution >= 4 is 12.1 Å². The van der Waals surface area contributed by atoms with Gasteiger partial charge in [0.05, 0.1) is 6.21 Å². The molecule has 0 aromatic heterocycles. The summed E-state index contributed by atoms with van der Waals surface area (Å²) in [7, 11) is 0. The minimum Gasteiger partial charge on any atom is -0.490 e. The number of hydrogen-bond donors (Lipinski definition) is 1. The molecule has 3 aromatic rings. The number of hydrazone groups is 1. The van der Waals surface area contributed by atoms with Crippen molar-refractivity contribution < 1.29 is 14.3 Å². The fourth-order valence-electron chi connectivity index (χ4n) is 3.35. The Balaban J connectivity index is 1.42. The van der Waals surface area contributed by atoms with E-state index in [1.54, 1.807) is 18.3 Å². The summed E-state index contributed by atoms with van der Waals surface area (Å²) >= 11 is 0. The molecule has 0 atom stereocenters. The molecule has 0 radical (unpaired) electrons. The van der Waals surface area contributed by atoms with Crippen LogP contribution in [0.25, 0.3) is 0 Å². The number of ether oxygens (including phenoxy) is 2. The SMILES string of the molecule is CCCCCCc1ccc(OCCOc2ccccc2/C=N/NC(=O)c2ccccc2)cc1. The third-order valence-corrected chi connectivity index (χ3v) is 5.18. The maximum absolute atomic E-state index is 12.1. The zero-order valence-electron chi connectivity index (χ0n) is 19.2. The lowest BCUT2D eigenvalue weighted by Crippen LogP contribution is -2.17. The van der Waals surface area contributed by atoms with Crippen molar-refractivity contribution in [1.82, 2.24) is 5.43 Å². The van der Waals surface area contributed by atoms with Gasteiger partial charge in [-0.3, -0.25) is 4.79 Å². The van der Waals surface area contributed by atoms with Crippen LogP contribution in [0, 0.1) is 0 Å². The summed E-state index contributed by atoms with van der Waals surface area (Å²) < 4.78 is 11.7. The Kier molecular flexibility index (Phi) is 10.0. The topological polar surface area (TPSA) is 59.9 Å². The number of amides is 1. The van der Waals surface area contributed by atoms with E-state index in [-0.39, 0.29) is 5.91 Å². The molecule has 3 rings (SSSR count). The molecule has 0 fully saturated rings. The fraction of sp³-hybridized carbons (Fsp3) is 0.286. The molecule has 0 heterocycles. The maximum Gasteiger partial charge on any atom is 0.271 e. The van der Waals surface area contributed by atoms with Gasteiger partial charge in [-0.15, -0.1) is 0 Å². The number of carbonyl (C=O) groups excluding carboxylic acids is 1. The molecule has 1 N–H and O–H groups in total. The van der Waals surface area contributed by atoms with E-state index in [9.17, 15) is 4.79 Å². The molecule has 0 unspecified atom stereocenters. The van der Waals surface area contributed by atoms with Crippen LogP contribution in [0.4, 0.5) is 0 Å². The van der Waals surface area contributed by atoms with Crippen LogP contribution < -0.4 is 14.9 Å². The Morgan fingerprint density at radius 1 is 0.848 bits per heavy atom. The Morgan fingerprint density at radius 2 is 1.58 bits per heavy atom. The average Bonchev–Trinajstić information content (AvgIpc) is 2.86. The van der Waals surface area contributed by atoms with Crippen molar-refractivity contribution in [2.45, 2.75) is 39.0 Å². The predicted octanol–water partition coefficient (Wildman–Crippen LogP) is 6.03. The lowest BCUT2D eigenvalue weighted by atomic mass is 10.1. The Morgan fingerprint density at radius 3 is 2.36 bits per heavy atom. The van der Waals surface area contributed by atoms with E-state index in [0.717, 1.165) is 17.7 Å². The van der Waals surface area contributed by atoms with Crippen LogP contribution in [0.3, 0.4) is 0 Å². The highest BCUT2D eigenvalue weighted by atomic mass is 16.5. The van der Waals surface area contributed by atoms with Crippen molar-refractivity contribution in [2.75, 3.05) is 13.2 Å². The van der Waals surface area contributed by atoms with Crippen molar-refractivity contribution in [3.05, 3.63) is 95.6 Å². The van der Waals surface area contributed by atoms with Crippen LogP contribution in [-0.4, -0.2) is 25.3 Å². The molecule has 172 valence electrons. The molecule has 0 saturated heterocycles. The summed E-state index contributed by atoms with van der Waals surface area (Å²) in [6, 6.07) is 24.8. The van der Waals surface area contributed by atoms with Gasteiger partial charge in [0, 0.05) is 11.1 Å². The van der Waals surface area contributed by atoms with E-state index in [2.05, 4.69) is 29.6 Å². The quantitative estimate of drug-likeness (QED) is 0.199. The first-order chi connectivity index (χ1) is 16.3. The molecule has 0 bridgehead atoms. The van der Waals surface area contributed by atoms with Gasteiger partial charge in [-0.1, -0.05) is 68.7 Å². The molecule has 0 spiro atoms. The van der Waals surface area contributed by atoms with E-state index in [1.165, 1.54) is 31.2 Å². The maximum atomic E-state index is 12.1.